The minimum atomic E-state index is -2.59. The summed E-state index contributed by atoms with van der Waals surface area (Å²) in [6.07, 6.45) is 0.334. The molecular formula is C24H34ClN3O6. The summed E-state index contributed by atoms with van der Waals surface area (Å²) >= 11 is 5.86. The molecule has 0 spiro atoms. The maximum atomic E-state index is 12.9. The van der Waals surface area contributed by atoms with Crippen LogP contribution in [0.2, 0.25) is 5.02 Å². The fourth-order valence-corrected chi connectivity index (χ4v) is 3.60. The zero-order valence-corrected chi connectivity index (χ0v) is 20.6. The van der Waals surface area contributed by atoms with E-state index in [2.05, 4.69) is 16.0 Å². The van der Waals surface area contributed by atoms with Crippen LogP contribution in [0.25, 0.3) is 0 Å². The third-order valence-corrected chi connectivity index (χ3v) is 5.34. The largest absolute Gasteiger partial charge is 0.484 e. The second kappa shape index (κ2) is 12.6. The van der Waals surface area contributed by atoms with E-state index in [1.807, 2.05) is 13.8 Å². The Bertz CT molecular complexity index is 942. The number of hydrogen-bond acceptors (Lipinski definition) is 6. The molecule has 1 aliphatic rings. The van der Waals surface area contributed by atoms with Gasteiger partial charge in [-0.25, -0.2) is 4.79 Å². The summed E-state index contributed by atoms with van der Waals surface area (Å²) in [6, 6.07) is 4.28. The Hall–Kier alpha value is -2.81. The fraction of sp³-hybridized carbons (Fsp3) is 0.583. The minimum absolute atomic E-state index is 0.0159. The normalized spacial score (nSPS) is 18.8. The van der Waals surface area contributed by atoms with E-state index in [9.17, 15) is 19.2 Å². The van der Waals surface area contributed by atoms with E-state index >= 15 is 0 Å². The van der Waals surface area contributed by atoms with Gasteiger partial charge in [0.15, 0.2) is 0 Å². The van der Waals surface area contributed by atoms with Crippen molar-refractivity contribution in [3.8, 4) is 5.75 Å². The summed E-state index contributed by atoms with van der Waals surface area (Å²) in [7, 11) is 0. The predicted molar refractivity (Wildman–Crippen MR) is 128 cm³/mol. The quantitative estimate of drug-likeness (QED) is 0.381. The summed E-state index contributed by atoms with van der Waals surface area (Å²) in [4.78, 5) is 48.9. The van der Waals surface area contributed by atoms with Crippen molar-refractivity contribution in [2.24, 2.45) is 11.8 Å². The van der Waals surface area contributed by atoms with E-state index in [0.717, 1.165) is 0 Å². The Morgan fingerprint density at radius 1 is 1.29 bits per heavy atom. The van der Waals surface area contributed by atoms with Crippen LogP contribution in [0, 0.1) is 11.8 Å². The molecule has 2 rings (SSSR count). The molecule has 0 unspecified atom stereocenters. The topological polar surface area (TPSA) is 123 Å². The van der Waals surface area contributed by atoms with Crippen LogP contribution in [-0.4, -0.2) is 55.0 Å². The average Bonchev–Trinajstić information content (AvgIpc) is 3.17. The fourth-order valence-electron chi connectivity index (χ4n) is 3.47. The highest BCUT2D eigenvalue weighted by atomic mass is 35.5. The van der Waals surface area contributed by atoms with E-state index < -0.39 is 36.2 Å². The maximum Gasteiger partial charge on any atom is 0.407 e. The molecule has 3 atom stereocenters. The summed E-state index contributed by atoms with van der Waals surface area (Å²) in [5, 5.41) is 8.14. The van der Waals surface area contributed by atoms with E-state index in [1.54, 1.807) is 24.3 Å². The Morgan fingerprint density at radius 3 is 2.53 bits per heavy atom. The molecule has 9 nitrogen and oxygen atoms in total. The molecule has 1 fully saturated rings. The van der Waals surface area contributed by atoms with Crippen molar-refractivity contribution in [2.45, 2.75) is 64.6 Å². The van der Waals surface area contributed by atoms with Gasteiger partial charge in [0.05, 0.1) is 8.78 Å². The van der Waals surface area contributed by atoms with Crippen molar-refractivity contribution < 1.29 is 31.4 Å². The van der Waals surface area contributed by atoms with Gasteiger partial charge in [0, 0.05) is 17.5 Å². The molecular weight excluding hydrogens is 462 g/mol. The van der Waals surface area contributed by atoms with Crippen LogP contribution < -0.4 is 20.7 Å². The van der Waals surface area contributed by atoms with Crippen LogP contribution in [0.4, 0.5) is 4.79 Å². The highest BCUT2D eigenvalue weighted by molar-refractivity contribution is 6.30. The van der Waals surface area contributed by atoms with Crippen molar-refractivity contribution in [3.63, 3.8) is 0 Å². The second-order valence-corrected chi connectivity index (χ2v) is 9.58. The average molecular weight is 498 g/mol. The number of carbonyl (C=O) groups excluding carboxylic acids is 4. The lowest BCUT2D eigenvalue weighted by Crippen LogP contribution is -2.51. The molecule has 0 radical (unpaired) electrons. The highest BCUT2D eigenvalue weighted by Gasteiger charge is 2.30. The number of halogens is 1. The molecule has 1 saturated heterocycles. The molecule has 34 heavy (non-hydrogen) atoms. The first-order chi connectivity index (χ1) is 16.7. The number of aldehydes is 1. The Morgan fingerprint density at radius 2 is 1.97 bits per heavy atom. The molecule has 3 amide bonds. The van der Waals surface area contributed by atoms with E-state index in [4.69, 9.17) is 23.8 Å². The van der Waals surface area contributed by atoms with Gasteiger partial charge in [0.25, 0.3) is 0 Å². The minimum Gasteiger partial charge on any atom is -0.484 e. The van der Waals surface area contributed by atoms with Crippen LogP contribution >= 0.6 is 11.6 Å². The molecule has 0 saturated carbocycles. The molecule has 3 N–H and O–H groups in total. The lowest BCUT2D eigenvalue weighted by molar-refractivity contribution is -0.127. The van der Waals surface area contributed by atoms with E-state index in [0.29, 0.717) is 30.0 Å². The number of rotatable bonds is 12. The molecule has 0 bridgehead atoms. The molecule has 0 aliphatic carbocycles. The van der Waals surface area contributed by atoms with Gasteiger partial charge in [-0.05, 0) is 63.3 Å². The number of benzene rings is 1. The standard InChI is InChI=1S/C24H34ClN3O6/c1-15(2)11-20(22(31)27-18(13-29)12-16-9-10-26-21(16)30)28-23(32)33-14-24(3,4)34-19-7-5-17(25)6-8-19/h5-8,13,15-16,18,20H,9-12,14H2,1-4H3,(H,26,30)(H,27,31)(H,28,32)/t16-,18-,20-/m0/s1/i14D2. The van der Waals surface area contributed by atoms with E-state index in [1.165, 1.54) is 13.8 Å². The SMILES string of the molecule is [2H]C([2H])(OC(=O)N[C@@H](CC(C)C)C(=O)N[C@H](C=O)C[C@@H]1CCNC1=O)C(C)(C)Oc1ccc(Cl)cc1. The number of alkyl carbamates (subject to hydrolysis) is 1. The molecule has 188 valence electrons. The Kier molecular flexibility index (Phi) is 9.01. The summed E-state index contributed by atoms with van der Waals surface area (Å²) < 4.78 is 27.3. The first-order valence-corrected chi connectivity index (χ1v) is 11.6. The van der Waals surface area contributed by atoms with Gasteiger partial charge in [0.2, 0.25) is 11.8 Å². The third kappa shape index (κ3) is 9.21. The summed E-state index contributed by atoms with van der Waals surface area (Å²) in [6.45, 7) is 4.46. The number of amides is 3. The maximum absolute atomic E-state index is 12.9. The summed E-state index contributed by atoms with van der Waals surface area (Å²) in [5.41, 5.74) is -1.60. The molecule has 1 aliphatic heterocycles. The van der Waals surface area contributed by atoms with Crippen molar-refractivity contribution in [3.05, 3.63) is 29.3 Å². The highest BCUT2D eigenvalue weighted by Crippen LogP contribution is 2.21. The van der Waals surface area contributed by atoms with Crippen LogP contribution in [0.15, 0.2) is 24.3 Å². The van der Waals surface area contributed by atoms with E-state index in [-0.39, 0.29) is 30.6 Å². The Balaban J connectivity index is 2.03. The molecule has 10 heteroatoms. The smallest absolute Gasteiger partial charge is 0.407 e. The molecule has 0 aromatic heterocycles. The lowest BCUT2D eigenvalue weighted by atomic mass is 9.98. The van der Waals surface area contributed by atoms with Crippen LogP contribution in [0.5, 0.6) is 5.75 Å². The van der Waals surface area contributed by atoms with Crippen molar-refractivity contribution in [1.29, 1.82) is 0 Å². The monoisotopic (exact) mass is 497 g/mol. The van der Waals surface area contributed by atoms with Gasteiger partial charge in [0.1, 0.15) is 30.2 Å². The van der Waals surface area contributed by atoms with Crippen molar-refractivity contribution >= 4 is 35.8 Å². The summed E-state index contributed by atoms with van der Waals surface area (Å²) in [5.74, 6) is -0.865. The van der Waals surface area contributed by atoms with Gasteiger partial charge in [-0.1, -0.05) is 25.4 Å². The van der Waals surface area contributed by atoms with Gasteiger partial charge in [-0.3, -0.25) is 9.59 Å². The van der Waals surface area contributed by atoms with Crippen LogP contribution in [0.1, 0.15) is 49.7 Å². The molecule has 1 aromatic carbocycles. The van der Waals surface area contributed by atoms with Gasteiger partial charge in [-0.15, -0.1) is 0 Å². The number of carbonyl (C=O) groups is 4. The van der Waals surface area contributed by atoms with Gasteiger partial charge < -0.3 is 30.2 Å². The van der Waals surface area contributed by atoms with Crippen LogP contribution in [0.3, 0.4) is 0 Å². The van der Waals surface area contributed by atoms with Crippen LogP contribution in [-0.2, 0) is 19.1 Å². The van der Waals surface area contributed by atoms with Crippen molar-refractivity contribution in [1.82, 2.24) is 16.0 Å². The molecule has 1 heterocycles. The predicted octanol–water partition coefficient (Wildman–Crippen LogP) is 2.85. The number of hydrogen-bond donors (Lipinski definition) is 3. The first-order valence-electron chi connectivity index (χ1n) is 12.2. The van der Waals surface area contributed by atoms with Gasteiger partial charge >= 0.3 is 6.09 Å². The second-order valence-electron chi connectivity index (χ2n) is 9.15. The molecule has 1 aromatic rings. The zero-order valence-electron chi connectivity index (χ0n) is 21.9. The van der Waals surface area contributed by atoms with Gasteiger partial charge in [-0.2, -0.15) is 0 Å². The first kappa shape index (κ1) is 24.3. The number of ether oxygens (including phenoxy) is 2. The third-order valence-electron chi connectivity index (χ3n) is 5.09. The zero-order chi connectivity index (χ0) is 27.1. The Labute approximate surface area is 208 Å². The van der Waals surface area contributed by atoms with Crippen molar-refractivity contribution in [2.75, 3.05) is 13.1 Å². The lowest BCUT2D eigenvalue weighted by Gasteiger charge is -2.27. The number of nitrogens with one attached hydrogen (secondary N) is 3.